The largest absolute Gasteiger partial charge is 0.263 e. The van der Waals surface area contributed by atoms with E-state index >= 15 is 4.39 Å². The van der Waals surface area contributed by atoms with E-state index in [1.54, 1.807) is 19.2 Å². The zero-order valence-electron chi connectivity index (χ0n) is 18.5. The smallest absolute Gasteiger partial charge is 0.173 e. The van der Waals surface area contributed by atoms with Crippen LogP contribution in [-0.4, -0.2) is 19.4 Å². The van der Waals surface area contributed by atoms with E-state index in [9.17, 15) is 4.21 Å². The van der Waals surface area contributed by atoms with Crippen molar-refractivity contribution in [2.45, 2.75) is 48.4 Å². The van der Waals surface area contributed by atoms with Crippen molar-refractivity contribution in [3.8, 4) is 17.2 Å². The van der Waals surface area contributed by atoms with E-state index in [-0.39, 0.29) is 0 Å². The number of benzene rings is 2. The van der Waals surface area contributed by atoms with Crippen molar-refractivity contribution in [3.63, 3.8) is 0 Å². The number of alkyl halides is 1. The van der Waals surface area contributed by atoms with Crippen LogP contribution in [0.15, 0.2) is 78.0 Å². The van der Waals surface area contributed by atoms with Crippen molar-refractivity contribution in [1.82, 2.24) is 9.71 Å². The van der Waals surface area contributed by atoms with Gasteiger partial charge in [-0.1, -0.05) is 54.2 Å². The second-order valence-electron chi connectivity index (χ2n) is 8.58. The molecule has 7 heteroatoms. The van der Waals surface area contributed by atoms with Crippen molar-refractivity contribution in [2.75, 3.05) is 0 Å². The minimum absolute atomic E-state index is 0.474. The third kappa shape index (κ3) is 5.63. The zero-order chi connectivity index (χ0) is 23.4. The Morgan fingerprint density at radius 3 is 2.28 bits per heavy atom. The second-order valence-corrected chi connectivity index (χ2v) is 11.7. The predicted molar refractivity (Wildman–Crippen MR) is 130 cm³/mol. The Labute approximate surface area is 195 Å². The lowest BCUT2D eigenvalue weighted by atomic mass is 9.92. The van der Waals surface area contributed by atoms with Gasteiger partial charge in [-0.15, -0.1) is 0 Å². The molecule has 1 aromatic heterocycles. The molecule has 0 amide bonds. The molecule has 3 unspecified atom stereocenters. The van der Waals surface area contributed by atoms with Crippen molar-refractivity contribution >= 4 is 22.7 Å². The molecule has 32 heavy (non-hydrogen) atoms. The Morgan fingerprint density at radius 1 is 1.03 bits per heavy atom. The number of aromatic nitrogens is 1. The number of nitrogens with one attached hydrogen (secondary N) is 1. The molecule has 0 saturated carbocycles. The first-order valence-corrected chi connectivity index (χ1v) is 12.2. The van der Waals surface area contributed by atoms with Crippen LogP contribution in [0.25, 0.3) is 11.1 Å². The fourth-order valence-corrected chi connectivity index (χ4v) is 4.96. The van der Waals surface area contributed by atoms with Crippen LogP contribution in [0, 0.1) is 11.3 Å². The highest BCUT2D eigenvalue weighted by molar-refractivity contribution is 7.99. The van der Waals surface area contributed by atoms with Crippen molar-refractivity contribution in [3.05, 3.63) is 84.2 Å². The Bertz CT molecular complexity index is 1120. The van der Waals surface area contributed by atoms with Gasteiger partial charge in [-0.05, 0) is 57.0 Å². The van der Waals surface area contributed by atoms with Crippen LogP contribution >= 0.6 is 11.8 Å². The number of nitriles is 1. The summed E-state index contributed by atoms with van der Waals surface area (Å²) in [5.74, 6) is 0. The van der Waals surface area contributed by atoms with E-state index in [0.717, 1.165) is 27.8 Å². The van der Waals surface area contributed by atoms with Crippen LogP contribution in [0.4, 0.5) is 4.39 Å². The van der Waals surface area contributed by atoms with Crippen LogP contribution in [0.2, 0.25) is 0 Å². The Kier molecular flexibility index (Phi) is 7.50. The SMILES string of the molecule is CC(NS(=O)C(C)(C)C)(c1ccc(-c2cncc(C#N)c2)cc1)C(F)Sc1ccccc1. The molecule has 0 aliphatic heterocycles. The molecular formula is C25H26FN3OS2. The van der Waals surface area contributed by atoms with E-state index in [1.807, 2.05) is 75.4 Å². The molecule has 3 aromatic rings. The van der Waals surface area contributed by atoms with Gasteiger partial charge in [0.25, 0.3) is 0 Å². The molecule has 0 spiro atoms. The summed E-state index contributed by atoms with van der Waals surface area (Å²) in [7, 11) is -1.48. The van der Waals surface area contributed by atoms with Crippen molar-refractivity contribution in [1.29, 1.82) is 5.26 Å². The van der Waals surface area contributed by atoms with Crippen molar-refractivity contribution in [2.24, 2.45) is 0 Å². The molecule has 3 atom stereocenters. The Hall–Kier alpha value is -2.53. The molecule has 166 valence electrons. The first-order chi connectivity index (χ1) is 15.1. The third-order valence-corrected chi connectivity index (χ3v) is 7.93. The standard InChI is InChI=1S/C25H26FN3OS2/c1-24(2,3)32(30)29-25(4,23(26)31-22-8-6-5-7-9-22)21-12-10-19(11-13-21)20-14-18(15-27)16-28-17-20/h5-14,16-17,23,29H,1-4H3. The van der Waals surface area contributed by atoms with Crippen LogP contribution < -0.4 is 4.72 Å². The monoisotopic (exact) mass is 467 g/mol. The molecular weight excluding hydrogens is 441 g/mol. The topological polar surface area (TPSA) is 65.8 Å². The number of rotatable bonds is 7. The first kappa shape index (κ1) is 24.1. The molecule has 0 bridgehead atoms. The molecule has 0 saturated heterocycles. The normalized spacial score (nSPS) is 15.4. The summed E-state index contributed by atoms with van der Waals surface area (Å²) >= 11 is 1.09. The summed E-state index contributed by atoms with van der Waals surface area (Å²) in [6.45, 7) is 7.30. The zero-order valence-corrected chi connectivity index (χ0v) is 20.1. The Morgan fingerprint density at radius 2 is 1.69 bits per heavy atom. The molecule has 0 aliphatic rings. The molecule has 1 heterocycles. The lowest BCUT2D eigenvalue weighted by Gasteiger charge is -2.36. The molecule has 0 radical (unpaired) electrons. The minimum Gasteiger partial charge on any atom is -0.263 e. The maximum absolute atomic E-state index is 15.8. The summed E-state index contributed by atoms with van der Waals surface area (Å²) in [4.78, 5) is 4.90. The number of hydrogen-bond donors (Lipinski definition) is 1. The first-order valence-electron chi connectivity index (χ1n) is 10.1. The third-order valence-electron chi connectivity index (χ3n) is 4.98. The average Bonchev–Trinajstić information content (AvgIpc) is 2.79. The van der Waals surface area contributed by atoms with Gasteiger partial charge in [-0.25, -0.2) is 13.3 Å². The van der Waals surface area contributed by atoms with E-state index in [2.05, 4.69) is 15.8 Å². The number of nitrogens with zero attached hydrogens (tertiary/aromatic N) is 2. The van der Waals surface area contributed by atoms with E-state index in [0.29, 0.717) is 11.1 Å². The molecule has 3 rings (SSSR count). The number of pyridine rings is 1. The maximum Gasteiger partial charge on any atom is 0.173 e. The van der Waals surface area contributed by atoms with Crippen molar-refractivity contribution < 1.29 is 8.60 Å². The lowest BCUT2D eigenvalue weighted by Crippen LogP contribution is -2.50. The van der Waals surface area contributed by atoms with Gasteiger partial charge in [0, 0.05) is 22.9 Å². The maximum atomic E-state index is 15.8. The fourth-order valence-electron chi connectivity index (χ4n) is 2.99. The van der Waals surface area contributed by atoms with Gasteiger partial charge < -0.3 is 0 Å². The number of thioether (sulfide) groups is 1. The Balaban J connectivity index is 1.96. The highest BCUT2D eigenvalue weighted by atomic mass is 32.2. The van der Waals surface area contributed by atoms with Gasteiger partial charge in [0.2, 0.25) is 0 Å². The summed E-state index contributed by atoms with van der Waals surface area (Å²) in [5.41, 5.74) is 0.221. The highest BCUT2D eigenvalue weighted by Crippen LogP contribution is 2.39. The van der Waals surface area contributed by atoms with Gasteiger partial charge in [0.1, 0.15) is 6.07 Å². The van der Waals surface area contributed by atoms with Crippen LogP contribution in [0.3, 0.4) is 0 Å². The number of hydrogen-bond acceptors (Lipinski definition) is 4. The number of halogens is 1. The lowest BCUT2D eigenvalue weighted by molar-refractivity contribution is 0.276. The molecule has 2 aromatic carbocycles. The van der Waals surface area contributed by atoms with Crippen LogP contribution in [0.1, 0.15) is 38.8 Å². The van der Waals surface area contributed by atoms with E-state index < -0.39 is 26.8 Å². The predicted octanol–water partition coefficient (Wildman–Crippen LogP) is 5.98. The van der Waals surface area contributed by atoms with Crippen LogP contribution in [0.5, 0.6) is 0 Å². The second kappa shape index (κ2) is 9.95. The van der Waals surface area contributed by atoms with Crippen LogP contribution in [-0.2, 0) is 16.5 Å². The molecule has 4 nitrogen and oxygen atoms in total. The molecule has 1 N–H and O–H groups in total. The van der Waals surface area contributed by atoms with Gasteiger partial charge in [0.05, 0.1) is 26.8 Å². The van der Waals surface area contributed by atoms with E-state index in [4.69, 9.17) is 5.26 Å². The molecule has 0 fully saturated rings. The van der Waals surface area contributed by atoms with Gasteiger partial charge in [0.15, 0.2) is 5.50 Å². The summed E-state index contributed by atoms with van der Waals surface area (Å²) in [5, 5.41) is 9.12. The highest BCUT2D eigenvalue weighted by Gasteiger charge is 2.40. The minimum atomic E-state index is -1.48. The van der Waals surface area contributed by atoms with Gasteiger partial charge >= 0.3 is 0 Å². The van der Waals surface area contributed by atoms with Gasteiger partial charge in [-0.3, -0.25) is 4.98 Å². The fraction of sp³-hybridized carbons (Fsp3) is 0.280. The summed E-state index contributed by atoms with van der Waals surface area (Å²) in [6, 6.07) is 20.6. The van der Waals surface area contributed by atoms with Gasteiger partial charge in [-0.2, -0.15) is 5.26 Å². The summed E-state index contributed by atoms with van der Waals surface area (Å²) in [6.07, 6.45) is 3.19. The molecule has 0 aliphatic carbocycles. The van der Waals surface area contributed by atoms with E-state index in [1.165, 1.54) is 6.20 Å². The summed E-state index contributed by atoms with van der Waals surface area (Å²) < 4.78 is 31.3. The average molecular weight is 468 g/mol. The quantitative estimate of drug-likeness (QED) is 0.435.